The maximum atomic E-state index is 12.8. The lowest BCUT2D eigenvalue weighted by atomic mass is 10.1. The van der Waals surface area contributed by atoms with Crippen molar-refractivity contribution in [3.05, 3.63) is 54.8 Å². The molecule has 0 saturated carbocycles. The molecule has 0 atom stereocenters. The molecule has 1 N–H and O–H groups in total. The second-order valence-electron chi connectivity index (χ2n) is 6.27. The van der Waals surface area contributed by atoms with Crippen LogP contribution in [-0.2, 0) is 13.6 Å². The van der Waals surface area contributed by atoms with Gasteiger partial charge in [0.2, 0.25) is 12.6 Å². The summed E-state index contributed by atoms with van der Waals surface area (Å²) in [6, 6.07) is 3.33. The minimum Gasteiger partial charge on any atom is -0.454 e. The second-order valence-corrected chi connectivity index (χ2v) is 6.68. The number of Topliss-reactive ketones (excluding diaryl/α,β-unsaturated/α-hetero) is 1. The first-order chi connectivity index (χ1) is 12.9. The van der Waals surface area contributed by atoms with Crippen LogP contribution in [0, 0.1) is 0 Å². The van der Waals surface area contributed by atoms with E-state index in [4.69, 9.17) is 21.1 Å². The first-order valence-corrected chi connectivity index (χ1v) is 8.76. The molecule has 0 aliphatic carbocycles. The van der Waals surface area contributed by atoms with Gasteiger partial charge < -0.3 is 14.8 Å². The molecule has 1 aromatic carbocycles. The average Bonchev–Trinajstić information content (AvgIpc) is 3.23. The Morgan fingerprint density at radius 3 is 2.78 bits per heavy atom. The lowest BCUT2D eigenvalue weighted by Gasteiger charge is -2.11. The van der Waals surface area contributed by atoms with Gasteiger partial charge in [-0.25, -0.2) is 4.79 Å². The van der Waals surface area contributed by atoms with Crippen LogP contribution in [-0.4, -0.2) is 21.7 Å². The van der Waals surface area contributed by atoms with Gasteiger partial charge in [-0.15, -0.1) is 0 Å². The van der Waals surface area contributed by atoms with Crippen molar-refractivity contribution in [1.82, 2.24) is 9.13 Å². The summed E-state index contributed by atoms with van der Waals surface area (Å²) in [5, 5.41) is 3.29. The highest BCUT2D eigenvalue weighted by atomic mass is 35.5. The van der Waals surface area contributed by atoms with Gasteiger partial charge in [-0.05, 0) is 30.2 Å². The van der Waals surface area contributed by atoms with Crippen LogP contribution in [0.5, 0.6) is 11.5 Å². The number of benzene rings is 1. The van der Waals surface area contributed by atoms with E-state index in [2.05, 4.69) is 5.32 Å². The fourth-order valence-electron chi connectivity index (χ4n) is 3.19. The predicted molar refractivity (Wildman–Crippen MR) is 99.7 cm³/mol. The third-order valence-corrected chi connectivity index (χ3v) is 4.76. The highest BCUT2D eigenvalue weighted by molar-refractivity contribution is 6.32. The van der Waals surface area contributed by atoms with E-state index in [1.54, 1.807) is 18.2 Å². The van der Waals surface area contributed by atoms with Gasteiger partial charge in [-0.2, -0.15) is 0 Å². The smallest absolute Gasteiger partial charge is 0.332 e. The number of aromatic nitrogens is 2. The molecule has 4 rings (SSSR count). The van der Waals surface area contributed by atoms with Crippen LogP contribution in [0.2, 0.25) is 5.02 Å². The topological polar surface area (TPSA) is 91.6 Å². The number of ketones is 1. The predicted octanol–water partition coefficient (Wildman–Crippen LogP) is 1.99. The van der Waals surface area contributed by atoms with Gasteiger partial charge >= 0.3 is 5.69 Å². The van der Waals surface area contributed by atoms with Gasteiger partial charge in [-0.1, -0.05) is 18.5 Å². The number of hydrogen-bond acceptors (Lipinski definition) is 6. The summed E-state index contributed by atoms with van der Waals surface area (Å²) in [7, 11) is 1.36. The van der Waals surface area contributed by atoms with E-state index >= 15 is 0 Å². The van der Waals surface area contributed by atoms with Crippen LogP contribution >= 0.6 is 11.6 Å². The molecule has 9 heteroatoms. The molecule has 0 fully saturated rings. The van der Waals surface area contributed by atoms with Gasteiger partial charge in [0.25, 0.3) is 5.56 Å². The molecule has 0 spiro atoms. The Balaban J connectivity index is 1.83. The minimum absolute atomic E-state index is 0.0383. The number of nitrogens with zero attached hydrogens (tertiary/aromatic N) is 2. The summed E-state index contributed by atoms with van der Waals surface area (Å²) in [5.41, 5.74) is -0.328. The largest absolute Gasteiger partial charge is 0.454 e. The number of fused-ring (bicyclic) bond motifs is 2. The van der Waals surface area contributed by atoms with E-state index in [1.165, 1.54) is 11.6 Å². The molecular weight excluding hydrogens is 374 g/mol. The van der Waals surface area contributed by atoms with Gasteiger partial charge in [0.1, 0.15) is 11.4 Å². The lowest BCUT2D eigenvalue weighted by molar-refractivity contribution is 0.104. The summed E-state index contributed by atoms with van der Waals surface area (Å²) in [4.78, 5) is 37.7. The fourth-order valence-corrected chi connectivity index (χ4v) is 3.46. The Morgan fingerprint density at radius 2 is 2.04 bits per heavy atom. The molecule has 0 unspecified atom stereocenters. The lowest BCUT2D eigenvalue weighted by Crippen LogP contribution is -2.40. The highest BCUT2D eigenvalue weighted by Crippen LogP contribution is 2.40. The van der Waals surface area contributed by atoms with Crippen molar-refractivity contribution in [3.63, 3.8) is 0 Å². The Hall–Kier alpha value is -3.00. The average molecular weight is 390 g/mol. The van der Waals surface area contributed by atoms with Crippen molar-refractivity contribution in [3.8, 4) is 11.5 Å². The van der Waals surface area contributed by atoms with Gasteiger partial charge in [0, 0.05) is 13.6 Å². The molecule has 2 aromatic rings. The van der Waals surface area contributed by atoms with Gasteiger partial charge in [-0.3, -0.25) is 18.7 Å². The van der Waals surface area contributed by atoms with Crippen molar-refractivity contribution >= 4 is 29.3 Å². The quantitative estimate of drug-likeness (QED) is 0.807. The van der Waals surface area contributed by atoms with Crippen molar-refractivity contribution in [2.24, 2.45) is 7.05 Å². The first-order valence-electron chi connectivity index (χ1n) is 8.38. The van der Waals surface area contributed by atoms with Crippen LogP contribution in [0.15, 0.2) is 27.4 Å². The number of hydrogen-bond donors (Lipinski definition) is 1. The number of allylic oxidation sites excluding steroid dienone is 1. The molecule has 2 aliphatic rings. The van der Waals surface area contributed by atoms with E-state index in [0.717, 1.165) is 4.57 Å². The monoisotopic (exact) mass is 389 g/mol. The molecular formula is C18H16ClN3O5. The van der Waals surface area contributed by atoms with E-state index in [1.807, 2.05) is 6.92 Å². The molecule has 0 bridgehead atoms. The molecule has 1 aromatic heterocycles. The van der Waals surface area contributed by atoms with Crippen LogP contribution < -0.4 is 26.0 Å². The number of carbonyl (C=O) groups excluding carboxylic acids is 1. The highest BCUT2D eigenvalue weighted by Gasteiger charge is 2.32. The number of anilines is 1. The molecule has 140 valence electrons. The first kappa shape index (κ1) is 17.4. The van der Waals surface area contributed by atoms with Gasteiger partial charge in [0.05, 0.1) is 10.7 Å². The normalized spacial score (nSPS) is 16.0. The standard InChI is InChI=1S/C18H16ClN3O5/c1-3-4-22-16-13(17(24)21(2)18(22)25)14(23)11(20-16)6-9-5-10(19)15-12(7-9)26-8-27-15/h5-7,20H,3-4,8H2,1-2H3/b11-6-. The Bertz CT molecular complexity index is 1130. The third kappa shape index (κ3) is 2.64. The van der Waals surface area contributed by atoms with E-state index in [9.17, 15) is 14.4 Å². The van der Waals surface area contributed by atoms with Crippen LogP contribution in [0.4, 0.5) is 5.82 Å². The molecule has 2 aliphatic heterocycles. The number of halogens is 1. The molecule has 0 radical (unpaired) electrons. The zero-order valence-corrected chi connectivity index (χ0v) is 15.4. The van der Waals surface area contributed by atoms with E-state index in [-0.39, 0.29) is 23.9 Å². The maximum absolute atomic E-state index is 12.8. The van der Waals surface area contributed by atoms with Crippen molar-refractivity contribution < 1.29 is 14.3 Å². The Labute approximate surface area is 158 Å². The molecule has 8 nitrogen and oxygen atoms in total. The Kier molecular flexibility index (Phi) is 4.07. The fraction of sp³-hybridized carbons (Fsp3) is 0.278. The SMILES string of the molecule is CCCn1c2c(c(=O)n(C)c1=O)C(=O)/C(=C/c1cc(Cl)c3c(c1)OCO3)N2. The number of ether oxygens (including phenoxy) is 2. The van der Waals surface area contributed by atoms with Crippen molar-refractivity contribution in [2.45, 2.75) is 19.9 Å². The summed E-state index contributed by atoms with van der Waals surface area (Å²) < 4.78 is 13.0. The molecule has 0 amide bonds. The van der Waals surface area contributed by atoms with Crippen molar-refractivity contribution in [2.75, 3.05) is 12.1 Å². The number of rotatable bonds is 3. The Morgan fingerprint density at radius 1 is 1.26 bits per heavy atom. The summed E-state index contributed by atoms with van der Waals surface area (Å²) >= 11 is 6.18. The summed E-state index contributed by atoms with van der Waals surface area (Å²) in [6.45, 7) is 2.38. The number of nitrogens with one attached hydrogen (secondary N) is 1. The minimum atomic E-state index is -0.619. The maximum Gasteiger partial charge on any atom is 0.332 e. The molecule has 3 heterocycles. The summed E-state index contributed by atoms with van der Waals surface area (Å²) in [6.07, 6.45) is 2.24. The van der Waals surface area contributed by atoms with Crippen molar-refractivity contribution in [1.29, 1.82) is 0 Å². The van der Waals surface area contributed by atoms with Gasteiger partial charge in [0.15, 0.2) is 11.5 Å². The third-order valence-electron chi connectivity index (χ3n) is 4.48. The molecule has 0 saturated heterocycles. The van der Waals surface area contributed by atoms with E-state index < -0.39 is 17.0 Å². The molecule has 27 heavy (non-hydrogen) atoms. The zero-order valence-electron chi connectivity index (χ0n) is 14.7. The van der Waals surface area contributed by atoms with Crippen LogP contribution in [0.3, 0.4) is 0 Å². The van der Waals surface area contributed by atoms with Crippen LogP contribution in [0.25, 0.3) is 6.08 Å². The second kappa shape index (κ2) is 6.31. The van der Waals surface area contributed by atoms with E-state index in [0.29, 0.717) is 35.1 Å². The van der Waals surface area contributed by atoms with Crippen LogP contribution in [0.1, 0.15) is 29.3 Å². The zero-order chi connectivity index (χ0) is 19.3. The summed E-state index contributed by atoms with van der Waals surface area (Å²) in [5.74, 6) is 0.701. The number of carbonyl (C=O) groups is 1.